The Balaban J connectivity index is 2.87. The maximum Gasteiger partial charge on any atom is 0.416 e. The van der Waals surface area contributed by atoms with Gasteiger partial charge in [0.05, 0.1) is 5.56 Å². The molecule has 1 aromatic carbocycles. The van der Waals surface area contributed by atoms with Crippen molar-refractivity contribution >= 4 is 5.71 Å². The minimum atomic E-state index is -4.27. The molecule has 0 aliphatic heterocycles. The number of benzene rings is 1. The van der Waals surface area contributed by atoms with E-state index in [1.165, 1.54) is 12.1 Å². The van der Waals surface area contributed by atoms with E-state index in [0.29, 0.717) is 18.5 Å². The fourth-order valence-corrected chi connectivity index (χ4v) is 1.48. The van der Waals surface area contributed by atoms with Crippen LogP contribution in [0.3, 0.4) is 0 Å². The predicted octanol–water partition coefficient (Wildman–Crippen LogP) is 3.73. The SMILES string of the molecule is CC/N=C(\C)Cc1cccc(C(F)(F)F)c1. The first-order valence-corrected chi connectivity index (χ1v) is 5.09. The van der Waals surface area contributed by atoms with E-state index < -0.39 is 11.7 Å². The van der Waals surface area contributed by atoms with Gasteiger partial charge in [0.2, 0.25) is 0 Å². The third-order valence-electron chi connectivity index (χ3n) is 2.14. The number of rotatable bonds is 3. The van der Waals surface area contributed by atoms with Crippen LogP contribution in [0, 0.1) is 0 Å². The van der Waals surface area contributed by atoms with E-state index in [1.54, 1.807) is 6.07 Å². The van der Waals surface area contributed by atoms with Crippen LogP contribution in [0.4, 0.5) is 13.2 Å². The molecule has 0 bridgehead atoms. The van der Waals surface area contributed by atoms with Crippen LogP contribution in [0.15, 0.2) is 29.3 Å². The molecule has 0 aliphatic rings. The third kappa shape index (κ3) is 3.68. The van der Waals surface area contributed by atoms with Crippen molar-refractivity contribution in [2.75, 3.05) is 6.54 Å². The highest BCUT2D eigenvalue weighted by Gasteiger charge is 2.30. The van der Waals surface area contributed by atoms with Gasteiger partial charge in [0.1, 0.15) is 0 Å². The van der Waals surface area contributed by atoms with E-state index in [4.69, 9.17) is 0 Å². The second-order valence-corrected chi connectivity index (χ2v) is 3.58. The summed E-state index contributed by atoms with van der Waals surface area (Å²) in [5, 5.41) is 0. The van der Waals surface area contributed by atoms with Gasteiger partial charge in [-0.05, 0) is 25.5 Å². The quantitative estimate of drug-likeness (QED) is 0.700. The lowest BCUT2D eigenvalue weighted by atomic mass is 10.1. The van der Waals surface area contributed by atoms with Gasteiger partial charge in [-0.3, -0.25) is 4.99 Å². The van der Waals surface area contributed by atoms with Gasteiger partial charge in [0.25, 0.3) is 0 Å². The van der Waals surface area contributed by atoms with E-state index >= 15 is 0 Å². The number of hydrogen-bond acceptors (Lipinski definition) is 1. The van der Waals surface area contributed by atoms with Crippen molar-refractivity contribution < 1.29 is 13.2 Å². The molecule has 0 saturated carbocycles. The molecule has 0 radical (unpaired) electrons. The smallest absolute Gasteiger partial charge is 0.294 e. The standard InChI is InChI=1S/C12H14F3N/c1-3-16-9(2)7-10-5-4-6-11(8-10)12(13,14)15/h4-6,8H,3,7H2,1-2H3/b16-9+. The van der Waals surface area contributed by atoms with Crippen molar-refractivity contribution in [3.8, 4) is 0 Å². The minimum Gasteiger partial charge on any atom is -0.294 e. The number of halogens is 3. The maximum absolute atomic E-state index is 12.4. The van der Waals surface area contributed by atoms with Crippen molar-refractivity contribution in [1.29, 1.82) is 0 Å². The molecule has 88 valence electrons. The van der Waals surface area contributed by atoms with Gasteiger partial charge in [-0.25, -0.2) is 0 Å². The van der Waals surface area contributed by atoms with Crippen LogP contribution < -0.4 is 0 Å². The predicted molar refractivity (Wildman–Crippen MR) is 58.8 cm³/mol. The van der Waals surface area contributed by atoms with Crippen LogP contribution in [0.1, 0.15) is 25.0 Å². The van der Waals surface area contributed by atoms with E-state index in [2.05, 4.69) is 4.99 Å². The van der Waals surface area contributed by atoms with Crippen molar-refractivity contribution in [3.05, 3.63) is 35.4 Å². The van der Waals surface area contributed by atoms with E-state index in [-0.39, 0.29) is 0 Å². The van der Waals surface area contributed by atoms with Crippen molar-refractivity contribution in [2.45, 2.75) is 26.4 Å². The zero-order valence-corrected chi connectivity index (χ0v) is 9.30. The van der Waals surface area contributed by atoms with Crippen LogP contribution in [0.25, 0.3) is 0 Å². The highest BCUT2D eigenvalue weighted by atomic mass is 19.4. The van der Waals surface area contributed by atoms with Crippen molar-refractivity contribution in [3.63, 3.8) is 0 Å². The molecular weight excluding hydrogens is 215 g/mol. The summed E-state index contributed by atoms with van der Waals surface area (Å²) in [5.74, 6) is 0. The lowest BCUT2D eigenvalue weighted by Gasteiger charge is -2.08. The normalized spacial score (nSPS) is 12.9. The molecule has 0 aromatic heterocycles. The van der Waals surface area contributed by atoms with Crippen molar-refractivity contribution in [2.24, 2.45) is 4.99 Å². The molecule has 1 nitrogen and oxygen atoms in total. The van der Waals surface area contributed by atoms with Crippen molar-refractivity contribution in [1.82, 2.24) is 0 Å². The zero-order valence-electron chi connectivity index (χ0n) is 9.30. The summed E-state index contributed by atoms with van der Waals surface area (Å²) in [7, 11) is 0. The highest BCUT2D eigenvalue weighted by Crippen LogP contribution is 2.29. The molecule has 0 heterocycles. The monoisotopic (exact) mass is 229 g/mol. The molecule has 0 unspecified atom stereocenters. The summed E-state index contributed by atoms with van der Waals surface area (Å²) in [6.45, 7) is 4.38. The van der Waals surface area contributed by atoms with E-state index in [1.807, 2.05) is 13.8 Å². The van der Waals surface area contributed by atoms with E-state index in [9.17, 15) is 13.2 Å². The zero-order chi connectivity index (χ0) is 12.2. The Labute approximate surface area is 93.0 Å². The Morgan fingerprint density at radius 1 is 1.31 bits per heavy atom. The molecule has 0 fully saturated rings. The molecule has 1 rings (SSSR count). The minimum absolute atomic E-state index is 0.470. The summed E-state index contributed by atoms with van der Waals surface area (Å²) < 4.78 is 37.3. The molecule has 4 heteroatoms. The lowest BCUT2D eigenvalue weighted by molar-refractivity contribution is -0.137. The molecule has 0 spiro atoms. The summed E-state index contributed by atoms with van der Waals surface area (Å²) >= 11 is 0. The molecule has 1 aromatic rings. The first-order valence-electron chi connectivity index (χ1n) is 5.09. The summed E-state index contributed by atoms with van der Waals surface area (Å²) in [4.78, 5) is 4.15. The van der Waals surface area contributed by atoms with Gasteiger partial charge in [-0.15, -0.1) is 0 Å². The van der Waals surface area contributed by atoms with Crippen LogP contribution in [0.2, 0.25) is 0 Å². The van der Waals surface area contributed by atoms with Crippen LogP contribution in [0.5, 0.6) is 0 Å². The average molecular weight is 229 g/mol. The first kappa shape index (κ1) is 12.7. The molecule has 0 N–H and O–H groups in total. The first-order chi connectivity index (χ1) is 7.43. The molecule has 16 heavy (non-hydrogen) atoms. The third-order valence-corrected chi connectivity index (χ3v) is 2.14. The highest BCUT2D eigenvalue weighted by molar-refractivity contribution is 5.84. The fraction of sp³-hybridized carbons (Fsp3) is 0.417. The maximum atomic E-state index is 12.4. The fourth-order valence-electron chi connectivity index (χ4n) is 1.48. The Bertz CT molecular complexity index is 380. The van der Waals surface area contributed by atoms with Gasteiger partial charge in [-0.2, -0.15) is 13.2 Å². The van der Waals surface area contributed by atoms with Gasteiger partial charge in [-0.1, -0.05) is 18.2 Å². The van der Waals surface area contributed by atoms with Crippen LogP contribution in [-0.2, 0) is 12.6 Å². The van der Waals surface area contributed by atoms with Gasteiger partial charge < -0.3 is 0 Å². The molecule has 0 amide bonds. The second kappa shape index (κ2) is 5.14. The van der Waals surface area contributed by atoms with Gasteiger partial charge in [0, 0.05) is 18.7 Å². The van der Waals surface area contributed by atoms with Gasteiger partial charge >= 0.3 is 6.18 Å². The number of aliphatic imine (C=N–C) groups is 1. The summed E-state index contributed by atoms with van der Waals surface area (Å²) in [6.07, 6.45) is -3.80. The summed E-state index contributed by atoms with van der Waals surface area (Å²) in [6, 6.07) is 5.37. The number of hydrogen-bond donors (Lipinski definition) is 0. The number of nitrogens with zero attached hydrogens (tertiary/aromatic N) is 1. The van der Waals surface area contributed by atoms with Crippen LogP contribution in [-0.4, -0.2) is 12.3 Å². The Morgan fingerprint density at radius 2 is 2.00 bits per heavy atom. The molecular formula is C12H14F3N. The second-order valence-electron chi connectivity index (χ2n) is 3.58. The Kier molecular flexibility index (Phi) is 4.10. The van der Waals surface area contributed by atoms with E-state index in [0.717, 1.165) is 11.8 Å². The largest absolute Gasteiger partial charge is 0.416 e. The van der Waals surface area contributed by atoms with Gasteiger partial charge in [0.15, 0.2) is 0 Å². The number of alkyl halides is 3. The average Bonchev–Trinajstić information content (AvgIpc) is 2.17. The lowest BCUT2D eigenvalue weighted by Crippen LogP contribution is -2.06. The topological polar surface area (TPSA) is 12.4 Å². The van der Waals surface area contributed by atoms with Crippen LogP contribution >= 0.6 is 0 Å². The molecule has 0 aliphatic carbocycles. The molecule has 0 saturated heterocycles. The summed E-state index contributed by atoms with van der Waals surface area (Å²) in [5.41, 5.74) is 0.889. The molecule has 0 atom stereocenters. The Hall–Kier alpha value is -1.32. The Morgan fingerprint density at radius 3 is 2.56 bits per heavy atom.